The number of rotatable bonds is 24. The van der Waals surface area contributed by atoms with Gasteiger partial charge in [-0.2, -0.15) is 36.5 Å². The first kappa shape index (κ1) is 50.3. The fraction of sp³-hybridized carbons (Fsp3) is 0.242. The molecule has 0 saturated heterocycles. The van der Waals surface area contributed by atoms with E-state index in [0.717, 1.165) is 42.9 Å². The normalized spacial score (nSPS) is 12.8. The fourth-order valence-corrected chi connectivity index (χ4v) is 8.14. The van der Waals surface area contributed by atoms with E-state index in [4.69, 9.17) is 29.8 Å². The van der Waals surface area contributed by atoms with E-state index in [1.165, 1.54) is 36.4 Å². The number of nitrogens with two attached hydrogens (primary N) is 2. The van der Waals surface area contributed by atoms with Crippen molar-refractivity contribution in [3.63, 3.8) is 0 Å². The van der Waals surface area contributed by atoms with Gasteiger partial charge in [0.2, 0.25) is 0 Å². The van der Waals surface area contributed by atoms with Gasteiger partial charge in [-0.1, -0.05) is 6.92 Å². The third-order valence-electron chi connectivity index (χ3n) is 7.69. The highest BCUT2D eigenvalue weighted by Crippen LogP contribution is 2.49. The van der Waals surface area contributed by atoms with Crippen LogP contribution in [0.4, 0.5) is 45.5 Å². The first-order valence-corrected chi connectivity index (χ1v) is 24.3. The molecule has 25 nitrogen and oxygen atoms in total. The summed E-state index contributed by atoms with van der Waals surface area (Å²) in [4.78, 5) is 17.9. The smallest absolute Gasteiger partial charge is 0.397 e. The molecule has 63 heavy (non-hydrogen) atoms. The number of carboxylic acid groups (broad SMARTS) is 1. The second-order valence-corrected chi connectivity index (χ2v) is 19.3. The van der Waals surface area contributed by atoms with Crippen molar-refractivity contribution in [2.45, 2.75) is 21.6 Å². The highest BCUT2D eigenvalue weighted by atomic mass is 32.3. The first-order chi connectivity index (χ1) is 29.6. The average Bonchev–Trinajstić information content (AvgIpc) is 3.20. The molecule has 0 amide bonds. The second-order valence-electron chi connectivity index (χ2n) is 12.1. The van der Waals surface area contributed by atoms with Crippen LogP contribution in [0, 0.1) is 0 Å². The number of hydrogen-bond donors (Lipinski definition) is 6. The summed E-state index contributed by atoms with van der Waals surface area (Å²) in [5.41, 5.74) is 10.0. The summed E-state index contributed by atoms with van der Waals surface area (Å²) in [6.07, 6.45) is 0. The Morgan fingerprint density at radius 1 is 0.619 bits per heavy atom. The van der Waals surface area contributed by atoms with E-state index in [-0.39, 0.29) is 32.5 Å². The molecule has 4 aromatic rings. The van der Waals surface area contributed by atoms with E-state index in [1.807, 2.05) is 6.92 Å². The van der Waals surface area contributed by atoms with Crippen molar-refractivity contribution in [1.29, 1.82) is 0 Å². The second kappa shape index (κ2) is 22.3. The van der Waals surface area contributed by atoms with Gasteiger partial charge in [0, 0.05) is 11.4 Å². The number of carbonyl (C=O) groups is 1. The van der Waals surface area contributed by atoms with Crippen LogP contribution in [0.2, 0.25) is 0 Å². The molecule has 0 heterocycles. The number of nitrogens with zero attached hydrogens (tertiary/aromatic N) is 6. The first-order valence-electron chi connectivity index (χ1n) is 17.5. The third-order valence-corrected chi connectivity index (χ3v) is 12.6. The van der Waals surface area contributed by atoms with Gasteiger partial charge in [-0.25, -0.2) is 34.9 Å². The number of azo groups is 3. The van der Waals surface area contributed by atoms with Crippen molar-refractivity contribution >= 4 is 104 Å². The van der Waals surface area contributed by atoms with Crippen molar-refractivity contribution < 1.29 is 70.3 Å². The zero-order chi connectivity index (χ0) is 46.4. The Kier molecular flexibility index (Phi) is 17.8. The van der Waals surface area contributed by atoms with Crippen LogP contribution in [0.25, 0.3) is 0 Å². The van der Waals surface area contributed by atoms with Gasteiger partial charge in [0.1, 0.15) is 22.6 Å². The number of nitrogen functional groups attached to an aromatic ring is 2. The quantitative estimate of drug-likeness (QED) is 0.00953. The predicted octanol–water partition coefficient (Wildman–Crippen LogP) is 5.55. The molecule has 0 bridgehead atoms. The molecule has 340 valence electrons. The van der Waals surface area contributed by atoms with Crippen molar-refractivity contribution in [1.82, 2.24) is 5.32 Å². The Hall–Kier alpha value is -5.38. The van der Waals surface area contributed by atoms with Crippen molar-refractivity contribution in [2.75, 3.05) is 55.9 Å². The van der Waals surface area contributed by atoms with Gasteiger partial charge in [-0.05, 0) is 79.3 Å². The van der Waals surface area contributed by atoms with Crippen LogP contribution >= 0.6 is 12.0 Å². The lowest BCUT2D eigenvalue weighted by Gasteiger charge is -2.13. The maximum absolute atomic E-state index is 12.8. The van der Waals surface area contributed by atoms with Crippen LogP contribution in [-0.4, -0.2) is 98.3 Å². The number of anilines is 2. The number of sulfone groups is 2. The SMILES string of the molecule is CCNCCOOSc1ccc(N=Nc2c(N)c(N=Nc3ccc(S(=O)(=O)CCOS(=O)(=O)O)cc3)c(N)c(N=Nc3ccc(S(=O)(=O)CCOS(=O)(=O)O)cc3)c2C(=O)O)cc1. The van der Waals surface area contributed by atoms with Gasteiger partial charge < -0.3 is 21.9 Å². The molecule has 30 heteroatoms. The van der Waals surface area contributed by atoms with Crippen LogP contribution in [0.3, 0.4) is 0 Å². The average molecular weight is 976 g/mol. The van der Waals surface area contributed by atoms with Gasteiger partial charge in [-0.15, -0.1) is 15.3 Å². The van der Waals surface area contributed by atoms with Gasteiger partial charge >= 0.3 is 26.8 Å². The molecule has 0 radical (unpaired) electrons. The Balaban J connectivity index is 1.71. The number of likely N-dealkylation sites (N-methyl/N-ethyl adjacent to an activating group) is 1. The monoisotopic (exact) mass is 975 g/mol. The molecule has 0 fully saturated rings. The Morgan fingerprint density at radius 2 is 1.02 bits per heavy atom. The zero-order valence-electron chi connectivity index (χ0n) is 32.4. The van der Waals surface area contributed by atoms with E-state index in [0.29, 0.717) is 18.0 Å². The van der Waals surface area contributed by atoms with Gasteiger partial charge in [0.05, 0.1) is 81.6 Å². The molecule has 4 rings (SSSR count). The molecular formula is C33H37N9O16S5. The lowest BCUT2D eigenvalue weighted by atomic mass is 10.1. The van der Waals surface area contributed by atoms with Gasteiger partial charge in [-0.3, -0.25) is 9.11 Å². The highest BCUT2D eigenvalue weighted by Gasteiger charge is 2.27. The molecule has 0 aromatic heterocycles. The fourth-order valence-electron chi connectivity index (χ4n) is 4.72. The van der Waals surface area contributed by atoms with Crippen LogP contribution in [-0.2, 0) is 58.1 Å². The lowest BCUT2D eigenvalue weighted by Crippen LogP contribution is -2.18. The topological polar surface area (TPSA) is 389 Å². The van der Waals surface area contributed by atoms with Crippen molar-refractivity contribution in [2.24, 2.45) is 30.7 Å². The third kappa shape index (κ3) is 15.7. The van der Waals surface area contributed by atoms with E-state index >= 15 is 0 Å². The van der Waals surface area contributed by atoms with Gasteiger partial charge in [0.15, 0.2) is 19.7 Å². The Labute approximate surface area is 364 Å². The van der Waals surface area contributed by atoms with E-state index in [1.54, 1.807) is 12.1 Å². The summed E-state index contributed by atoms with van der Waals surface area (Å²) in [6.45, 7) is 1.88. The van der Waals surface area contributed by atoms with Crippen LogP contribution in [0.1, 0.15) is 17.3 Å². The number of aromatic carboxylic acids is 1. The summed E-state index contributed by atoms with van der Waals surface area (Å²) in [7, 11) is -17.9. The van der Waals surface area contributed by atoms with Crippen LogP contribution in [0.5, 0.6) is 0 Å². The molecule has 4 aromatic carbocycles. The van der Waals surface area contributed by atoms with Crippen molar-refractivity contribution in [3.8, 4) is 0 Å². The molecule has 0 aliphatic heterocycles. The number of nitrogens with one attached hydrogen (secondary N) is 1. The standard InChI is InChI=1S/C33H37N9O16S5/c1-2-36-15-16-55-58-59-24-9-3-21(4-10-24)37-40-30-27(33(43)44)31(41-38-22-5-11-25(12-6-22)60(45,46)19-17-56-62(49,50)51)29(35)32(28(30)34)42-39-23-7-13-26(14-8-23)61(47,48)20-18-57-63(52,53)54/h3-14,36H,2,15-20,34-35H2,1H3,(H,43,44)(H,49,50,51)(H,52,53,54). The van der Waals surface area contributed by atoms with Crippen LogP contribution < -0.4 is 16.8 Å². The molecule has 0 aliphatic rings. The largest absolute Gasteiger partial charge is 0.478 e. The molecule has 0 spiro atoms. The number of hydrogen-bond acceptors (Lipinski definition) is 23. The summed E-state index contributed by atoms with van der Waals surface area (Å²) in [6, 6.07) is 15.5. The number of carboxylic acids is 1. The molecule has 0 aliphatic carbocycles. The summed E-state index contributed by atoms with van der Waals surface area (Å²) in [5.74, 6) is -3.24. The summed E-state index contributed by atoms with van der Waals surface area (Å²) < 4.78 is 124. The minimum atomic E-state index is -4.88. The summed E-state index contributed by atoms with van der Waals surface area (Å²) >= 11 is 0.929. The maximum Gasteiger partial charge on any atom is 0.397 e. The highest BCUT2D eigenvalue weighted by molar-refractivity contribution is 7.94. The van der Waals surface area contributed by atoms with Crippen LogP contribution in [0.15, 0.2) is 118 Å². The molecular weight excluding hydrogens is 939 g/mol. The molecule has 8 N–H and O–H groups in total. The molecule has 0 saturated carbocycles. The van der Waals surface area contributed by atoms with Gasteiger partial charge in [0.25, 0.3) is 0 Å². The van der Waals surface area contributed by atoms with Crippen molar-refractivity contribution in [3.05, 3.63) is 78.4 Å². The minimum absolute atomic E-state index is 0.0217. The van der Waals surface area contributed by atoms with E-state index in [2.05, 4.69) is 44.4 Å². The number of benzene rings is 4. The lowest BCUT2D eigenvalue weighted by molar-refractivity contribution is -0.188. The minimum Gasteiger partial charge on any atom is -0.478 e. The Morgan fingerprint density at radius 3 is 1.40 bits per heavy atom. The van der Waals surface area contributed by atoms with E-state index in [9.17, 15) is 43.6 Å². The summed E-state index contributed by atoms with van der Waals surface area (Å²) in [5, 5.41) is 37.8. The Bertz CT molecular complexity index is 2790. The predicted molar refractivity (Wildman–Crippen MR) is 225 cm³/mol. The molecule has 0 unspecified atom stereocenters. The maximum atomic E-state index is 12.8. The van der Waals surface area contributed by atoms with E-state index < -0.39 is 99.5 Å². The zero-order valence-corrected chi connectivity index (χ0v) is 36.5. The molecule has 0 atom stereocenters.